The second kappa shape index (κ2) is 3.58. The molecule has 17 heavy (non-hydrogen) atoms. The van der Waals surface area contributed by atoms with Gasteiger partial charge >= 0.3 is 0 Å². The van der Waals surface area contributed by atoms with Gasteiger partial charge in [0.15, 0.2) is 0 Å². The van der Waals surface area contributed by atoms with Crippen LogP contribution < -0.4 is 5.73 Å². The third-order valence-electron chi connectivity index (χ3n) is 3.23. The molecule has 0 aliphatic heterocycles. The molecule has 2 N–H and O–H groups in total. The van der Waals surface area contributed by atoms with Gasteiger partial charge in [-0.1, -0.05) is 0 Å². The van der Waals surface area contributed by atoms with Gasteiger partial charge in [0.05, 0.1) is 0 Å². The molecule has 1 aromatic carbocycles. The van der Waals surface area contributed by atoms with Crippen LogP contribution >= 0.6 is 0 Å². The first-order valence-corrected chi connectivity index (χ1v) is 5.75. The number of aromatic nitrogens is 2. The van der Waals surface area contributed by atoms with E-state index in [0.29, 0.717) is 11.7 Å². The highest BCUT2D eigenvalue weighted by atomic mass is 19.1. The first-order valence-electron chi connectivity index (χ1n) is 5.75. The van der Waals surface area contributed by atoms with E-state index in [0.717, 1.165) is 17.1 Å². The minimum absolute atomic E-state index is 0.245. The Kier molecular flexibility index (Phi) is 2.18. The highest BCUT2D eigenvalue weighted by Gasteiger charge is 2.29. The maximum Gasteiger partial charge on any atom is 0.131 e. The summed E-state index contributed by atoms with van der Waals surface area (Å²) >= 11 is 0. The van der Waals surface area contributed by atoms with Gasteiger partial charge in [0.1, 0.15) is 23.2 Å². The van der Waals surface area contributed by atoms with Gasteiger partial charge in [0.2, 0.25) is 0 Å². The molecule has 0 unspecified atom stereocenters. The summed E-state index contributed by atoms with van der Waals surface area (Å²) in [5, 5.41) is 0. The van der Waals surface area contributed by atoms with Crippen LogP contribution in [0.25, 0.3) is 11.3 Å². The molecule has 2 aromatic rings. The Hall–Kier alpha value is -1.84. The summed E-state index contributed by atoms with van der Waals surface area (Å²) in [6, 6.07) is 6.29. The zero-order valence-corrected chi connectivity index (χ0v) is 9.65. The van der Waals surface area contributed by atoms with E-state index in [2.05, 4.69) is 4.98 Å². The number of benzene rings is 1. The summed E-state index contributed by atoms with van der Waals surface area (Å²) in [5.74, 6) is 2.00. The number of hydrogen-bond donors (Lipinski definition) is 1. The van der Waals surface area contributed by atoms with Crippen LogP contribution in [0, 0.1) is 5.82 Å². The minimum atomic E-state index is -0.245. The molecule has 3 rings (SSSR count). The van der Waals surface area contributed by atoms with Gasteiger partial charge in [-0.25, -0.2) is 9.37 Å². The quantitative estimate of drug-likeness (QED) is 0.863. The van der Waals surface area contributed by atoms with Gasteiger partial charge in [-0.2, -0.15) is 0 Å². The average molecular weight is 231 g/mol. The van der Waals surface area contributed by atoms with Crippen molar-refractivity contribution in [1.82, 2.24) is 9.55 Å². The van der Waals surface area contributed by atoms with Gasteiger partial charge in [0, 0.05) is 18.5 Å². The molecule has 4 heteroatoms. The van der Waals surface area contributed by atoms with Gasteiger partial charge in [0.25, 0.3) is 0 Å². The van der Waals surface area contributed by atoms with Crippen LogP contribution in [0.15, 0.2) is 24.3 Å². The smallest absolute Gasteiger partial charge is 0.131 e. The number of nitrogen functional groups attached to an aromatic ring is 1. The summed E-state index contributed by atoms with van der Waals surface area (Å²) in [5.41, 5.74) is 7.67. The average Bonchev–Trinajstić information content (AvgIpc) is 3.11. The van der Waals surface area contributed by atoms with E-state index in [1.807, 2.05) is 11.6 Å². The number of hydrogen-bond acceptors (Lipinski definition) is 2. The van der Waals surface area contributed by atoms with E-state index in [-0.39, 0.29) is 5.82 Å². The molecule has 3 nitrogen and oxygen atoms in total. The van der Waals surface area contributed by atoms with Crippen LogP contribution in [0.2, 0.25) is 0 Å². The fourth-order valence-corrected chi connectivity index (χ4v) is 2.06. The first kappa shape index (κ1) is 10.3. The first-order chi connectivity index (χ1) is 8.16. The fourth-order valence-electron chi connectivity index (χ4n) is 2.06. The number of rotatable bonds is 2. The fraction of sp³-hybridized carbons (Fsp3) is 0.308. The monoisotopic (exact) mass is 231 g/mol. The molecule has 0 spiro atoms. The van der Waals surface area contributed by atoms with Gasteiger partial charge in [-0.05, 0) is 37.1 Å². The van der Waals surface area contributed by atoms with Gasteiger partial charge < -0.3 is 10.3 Å². The molecule has 1 aliphatic carbocycles. The maximum atomic E-state index is 12.9. The van der Waals surface area contributed by atoms with Crippen molar-refractivity contribution < 1.29 is 4.39 Å². The Morgan fingerprint density at radius 2 is 1.94 bits per heavy atom. The molecule has 1 aliphatic rings. The van der Waals surface area contributed by atoms with Crippen LogP contribution in [0.5, 0.6) is 0 Å². The number of halogens is 1. The third-order valence-corrected chi connectivity index (χ3v) is 3.23. The summed E-state index contributed by atoms with van der Waals surface area (Å²) in [4.78, 5) is 4.59. The standard InChI is InChI=1S/C13H14FN3/c1-17-12(15)11(16-13(17)9-2-3-9)8-4-6-10(14)7-5-8/h4-7,9H,2-3,15H2,1H3. The molecule has 0 saturated heterocycles. The predicted octanol–water partition coefficient (Wildman–Crippen LogP) is 2.69. The van der Waals surface area contributed by atoms with Crippen molar-refractivity contribution in [3.05, 3.63) is 35.9 Å². The molecule has 0 atom stereocenters. The van der Waals surface area contributed by atoms with Crippen LogP contribution in [-0.2, 0) is 7.05 Å². The van der Waals surface area contributed by atoms with Crippen molar-refractivity contribution in [2.45, 2.75) is 18.8 Å². The van der Waals surface area contributed by atoms with E-state index in [1.54, 1.807) is 12.1 Å². The Bertz CT molecular complexity index is 553. The van der Waals surface area contributed by atoms with Crippen molar-refractivity contribution in [1.29, 1.82) is 0 Å². The molecule has 0 bridgehead atoms. The molecule has 0 radical (unpaired) electrons. The lowest BCUT2D eigenvalue weighted by Crippen LogP contribution is -2.00. The van der Waals surface area contributed by atoms with E-state index < -0.39 is 0 Å². The molecule has 1 fully saturated rings. The zero-order chi connectivity index (χ0) is 12.0. The van der Waals surface area contributed by atoms with E-state index >= 15 is 0 Å². The largest absolute Gasteiger partial charge is 0.383 e. The van der Waals surface area contributed by atoms with E-state index in [4.69, 9.17) is 5.73 Å². The Morgan fingerprint density at radius 1 is 1.29 bits per heavy atom. The van der Waals surface area contributed by atoms with Crippen molar-refractivity contribution in [3.8, 4) is 11.3 Å². The summed E-state index contributed by atoms with van der Waals surface area (Å²) in [7, 11) is 1.93. The minimum Gasteiger partial charge on any atom is -0.383 e. The number of anilines is 1. The topological polar surface area (TPSA) is 43.8 Å². The molecular formula is C13H14FN3. The second-order valence-corrected chi connectivity index (χ2v) is 4.54. The third kappa shape index (κ3) is 1.69. The molecule has 1 aromatic heterocycles. The highest BCUT2D eigenvalue weighted by molar-refractivity contribution is 5.71. The van der Waals surface area contributed by atoms with Crippen LogP contribution in [0.4, 0.5) is 10.2 Å². The molecular weight excluding hydrogens is 217 g/mol. The number of nitrogens with two attached hydrogens (primary N) is 1. The van der Waals surface area contributed by atoms with Crippen LogP contribution in [0.3, 0.4) is 0 Å². The lowest BCUT2D eigenvalue weighted by atomic mass is 10.1. The van der Waals surface area contributed by atoms with Crippen LogP contribution in [0.1, 0.15) is 24.6 Å². The van der Waals surface area contributed by atoms with Crippen molar-refractivity contribution in [2.24, 2.45) is 7.05 Å². The van der Waals surface area contributed by atoms with Gasteiger partial charge in [-0.3, -0.25) is 0 Å². The number of nitrogens with zero attached hydrogens (tertiary/aromatic N) is 2. The molecule has 0 amide bonds. The summed E-state index contributed by atoms with van der Waals surface area (Å²) < 4.78 is 14.8. The van der Waals surface area contributed by atoms with Crippen molar-refractivity contribution >= 4 is 5.82 Å². The summed E-state index contributed by atoms with van der Waals surface area (Å²) in [6.07, 6.45) is 2.38. The SMILES string of the molecule is Cn1c(C2CC2)nc(-c2ccc(F)cc2)c1N. The lowest BCUT2D eigenvalue weighted by molar-refractivity contribution is 0.628. The summed E-state index contributed by atoms with van der Waals surface area (Å²) in [6.45, 7) is 0. The zero-order valence-electron chi connectivity index (χ0n) is 9.65. The Labute approximate surface area is 99.1 Å². The Balaban J connectivity index is 2.08. The second-order valence-electron chi connectivity index (χ2n) is 4.54. The Morgan fingerprint density at radius 3 is 2.53 bits per heavy atom. The van der Waals surface area contributed by atoms with Crippen molar-refractivity contribution in [2.75, 3.05) is 5.73 Å². The molecule has 1 heterocycles. The molecule has 1 saturated carbocycles. The van der Waals surface area contributed by atoms with Crippen molar-refractivity contribution in [3.63, 3.8) is 0 Å². The van der Waals surface area contributed by atoms with E-state index in [1.165, 1.54) is 25.0 Å². The molecule has 88 valence electrons. The number of imidazole rings is 1. The predicted molar refractivity (Wildman–Crippen MR) is 65.0 cm³/mol. The van der Waals surface area contributed by atoms with Gasteiger partial charge in [-0.15, -0.1) is 0 Å². The lowest BCUT2D eigenvalue weighted by Gasteiger charge is -2.00. The van der Waals surface area contributed by atoms with Crippen LogP contribution in [-0.4, -0.2) is 9.55 Å². The normalized spacial score (nSPS) is 15.2. The maximum absolute atomic E-state index is 12.9. The highest BCUT2D eigenvalue weighted by Crippen LogP contribution is 2.41. The van der Waals surface area contributed by atoms with E-state index in [9.17, 15) is 4.39 Å².